The number of hydrogen-bond acceptors (Lipinski definition) is 5. The second-order valence-corrected chi connectivity index (χ2v) is 6.67. The highest BCUT2D eigenvalue weighted by molar-refractivity contribution is 5.85. The largest absolute Gasteiger partial charge is 0.451 e. The average Bonchev–Trinajstić information content (AvgIpc) is 2.90. The summed E-state index contributed by atoms with van der Waals surface area (Å²) in [4.78, 5) is 11.3. The van der Waals surface area contributed by atoms with Gasteiger partial charge in [-0.1, -0.05) is 0 Å². The van der Waals surface area contributed by atoms with E-state index in [0.717, 1.165) is 37.7 Å². The predicted molar refractivity (Wildman–Crippen MR) is 89.1 cm³/mol. The third-order valence-electron chi connectivity index (χ3n) is 5.30. The van der Waals surface area contributed by atoms with Gasteiger partial charge in [0.25, 0.3) is 0 Å². The van der Waals surface area contributed by atoms with E-state index in [0.29, 0.717) is 11.5 Å². The van der Waals surface area contributed by atoms with Crippen molar-refractivity contribution in [3.63, 3.8) is 0 Å². The minimum Gasteiger partial charge on any atom is -0.451 e. The highest BCUT2D eigenvalue weighted by Crippen LogP contribution is 2.56. The highest BCUT2D eigenvalue weighted by atomic mass is 35.5. The molecule has 2 aliphatic rings. The maximum atomic E-state index is 5.14. The molecule has 0 bridgehead atoms. The molecule has 1 N–H and O–H groups in total. The molecule has 3 heterocycles. The van der Waals surface area contributed by atoms with Crippen LogP contribution in [0.2, 0.25) is 0 Å². The zero-order chi connectivity index (χ0) is 15.0. The Kier molecular flexibility index (Phi) is 4.75. The first-order valence-corrected chi connectivity index (χ1v) is 8.05. The Balaban J connectivity index is 0.00000156. The van der Waals surface area contributed by atoms with Crippen LogP contribution < -0.4 is 5.32 Å². The van der Waals surface area contributed by atoms with Gasteiger partial charge in [-0.15, -0.1) is 12.4 Å². The number of oxazole rings is 1. The van der Waals surface area contributed by atoms with Crippen LogP contribution in [0.1, 0.15) is 30.8 Å². The maximum Gasteiger partial charge on any atom is 0.180 e. The van der Waals surface area contributed by atoms with Gasteiger partial charge in [-0.3, -0.25) is 4.90 Å². The molecule has 2 aromatic heterocycles. The van der Waals surface area contributed by atoms with Crippen molar-refractivity contribution < 1.29 is 4.42 Å². The molecule has 1 spiro atoms. The number of aromatic nitrogens is 3. The fourth-order valence-corrected chi connectivity index (χ4v) is 3.84. The van der Waals surface area contributed by atoms with Crippen LogP contribution in [0, 0.1) is 5.41 Å². The molecule has 1 unspecified atom stereocenters. The predicted octanol–water partition coefficient (Wildman–Crippen LogP) is 1.97. The summed E-state index contributed by atoms with van der Waals surface area (Å²) in [6.45, 7) is 4.01. The summed E-state index contributed by atoms with van der Waals surface area (Å²) in [7, 11) is 2.06. The molecule has 1 saturated heterocycles. The van der Waals surface area contributed by atoms with Gasteiger partial charge in [0.05, 0.1) is 12.2 Å². The maximum absolute atomic E-state index is 5.14. The molecule has 6 nitrogen and oxygen atoms in total. The molecule has 1 atom stereocenters. The van der Waals surface area contributed by atoms with Gasteiger partial charge in [0.1, 0.15) is 12.1 Å². The third-order valence-corrected chi connectivity index (χ3v) is 5.30. The second-order valence-electron chi connectivity index (χ2n) is 6.67. The van der Waals surface area contributed by atoms with Crippen LogP contribution in [0.25, 0.3) is 0 Å². The van der Waals surface area contributed by atoms with E-state index in [1.807, 2.05) is 12.4 Å². The molecule has 23 heavy (non-hydrogen) atoms. The number of aryl methyl sites for hydroxylation is 1. The molecule has 0 aromatic carbocycles. The van der Waals surface area contributed by atoms with Crippen LogP contribution in [-0.2, 0) is 20.1 Å². The molecule has 7 heteroatoms. The van der Waals surface area contributed by atoms with Gasteiger partial charge >= 0.3 is 0 Å². The van der Waals surface area contributed by atoms with Crippen molar-refractivity contribution in [2.45, 2.75) is 38.4 Å². The normalized spacial score (nSPS) is 22.3. The zero-order valence-electron chi connectivity index (χ0n) is 13.4. The van der Waals surface area contributed by atoms with Crippen molar-refractivity contribution in [2.24, 2.45) is 12.5 Å². The molecule has 2 fully saturated rings. The second kappa shape index (κ2) is 6.63. The molecule has 4 rings (SSSR count). The summed E-state index contributed by atoms with van der Waals surface area (Å²) in [6, 6.07) is 0.642. The summed E-state index contributed by atoms with van der Waals surface area (Å²) in [5.41, 5.74) is 1.52. The van der Waals surface area contributed by atoms with Crippen molar-refractivity contribution >= 4 is 12.4 Å². The summed E-state index contributed by atoms with van der Waals surface area (Å²) in [6.07, 6.45) is 11.0. The van der Waals surface area contributed by atoms with Crippen LogP contribution in [-0.4, -0.2) is 38.6 Å². The number of rotatable bonds is 5. The van der Waals surface area contributed by atoms with Crippen molar-refractivity contribution in [1.29, 1.82) is 0 Å². The summed E-state index contributed by atoms with van der Waals surface area (Å²) < 4.78 is 7.25. The smallest absolute Gasteiger partial charge is 0.180 e. The first-order chi connectivity index (χ1) is 10.8. The SMILES string of the molecule is Cl.Cn1ccnc1CN(Cc1cocn1)C1CC12CCNCC2. The van der Waals surface area contributed by atoms with E-state index in [2.05, 4.69) is 31.8 Å². The van der Waals surface area contributed by atoms with Gasteiger partial charge in [-0.05, 0) is 37.8 Å². The van der Waals surface area contributed by atoms with Crippen molar-refractivity contribution in [3.8, 4) is 0 Å². The fraction of sp³-hybridized carbons (Fsp3) is 0.625. The fourth-order valence-electron chi connectivity index (χ4n) is 3.84. The zero-order valence-corrected chi connectivity index (χ0v) is 14.3. The van der Waals surface area contributed by atoms with Gasteiger partial charge in [-0.25, -0.2) is 9.97 Å². The Hall–Kier alpha value is -1.37. The van der Waals surface area contributed by atoms with Crippen LogP contribution in [0.15, 0.2) is 29.5 Å². The lowest BCUT2D eigenvalue weighted by Gasteiger charge is -2.29. The van der Waals surface area contributed by atoms with E-state index in [-0.39, 0.29) is 12.4 Å². The molecule has 1 aliphatic heterocycles. The van der Waals surface area contributed by atoms with Crippen LogP contribution >= 0.6 is 12.4 Å². The molecule has 0 amide bonds. The van der Waals surface area contributed by atoms with Crippen LogP contribution in [0.3, 0.4) is 0 Å². The number of hydrogen-bond donors (Lipinski definition) is 1. The van der Waals surface area contributed by atoms with Gasteiger partial charge in [-0.2, -0.15) is 0 Å². The van der Waals surface area contributed by atoms with Gasteiger partial charge < -0.3 is 14.3 Å². The molecule has 126 valence electrons. The van der Waals surface area contributed by atoms with E-state index in [1.165, 1.54) is 25.7 Å². The molecular weight excluding hydrogens is 314 g/mol. The van der Waals surface area contributed by atoms with Crippen LogP contribution in [0.4, 0.5) is 0 Å². The lowest BCUT2D eigenvalue weighted by atomic mass is 9.93. The Morgan fingerprint density at radius 3 is 2.83 bits per heavy atom. The Bertz CT molecular complexity index is 620. The van der Waals surface area contributed by atoms with E-state index in [9.17, 15) is 0 Å². The van der Waals surface area contributed by atoms with E-state index >= 15 is 0 Å². The van der Waals surface area contributed by atoms with Gasteiger partial charge in [0, 0.05) is 32.0 Å². The first kappa shape index (κ1) is 16.5. The minimum absolute atomic E-state index is 0. The third kappa shape index (κ3) is 3.29. The van der Waals surface area contributed by atoms with Crippen LogP contribution in [0.5, 0.6) is 0 Å². The molecule has 1 saturated carbocycles. The van der Waals surface area contributed by atoms with Gasteiger partial charge in [0.2, 0.25) is 0 Å². The first-order valence-electron chi connectivity index (χ1n) is 8.05. The standard InChI is InChI=1S/C16H23N5O.ClH/c1-20-7-6-18-15(20)10-21(9-13-11-22-12-19-13)14-8-16(14)2-4-17-5-3-16;/h6-7,11-12,14,17H,2-5,8-10H2,1H3;1H. The van der Waals surface area contributed by atoms with Crippen molar-refractivity contribution in [3.05, 3.63) is 36.6 Å². The Morgan fingerprint density at radius 1 is 1.35 bits per heavy atom. The van der Waals surface area contributed by atoms with Crippen molar-refractivity contribution in [1.82, 2.24) is 24.8 Å². The monoisotopic (exact) mass is 337 g/mol. The number of nitrogens with zero attached hydrogens (tertiary/aromatic N) is 4. The summed E-state index contributed by atoms with van der Waals surface area (Å²) in [5, 5.41) is 3.48. The number of nitrogens with one attached hydrogen (secondary N) is 1. The molecule has 2 aromatic rings. The minimum atomic E-state index is 0. The quantitative estimate of drug-likeness (QED) is 0.904. The number of halogens is 1. The molecule has 1 aliphatic carbocycles. The summed E-state index contributed by atoms with van der Waals surface area (Å²) in [5.74, 6) is 1.11. The highest BCUT2D eigenvalue weighted by Gasteiger charge is 2.56. The lowest BCUT2D eigenvalue weighted by molar-refractivity contribution is 0.181. The molecular formula is C16H24ClN5O. The lowest BCUT2D eigenvalue weighted by Crippen LogP contribution is -2.36. The van der Waals surface area contributed by atoms with Crippen molar-refractivity contribution in [2.75, 3.05) is 13.1 Å². The topological polar surface area (TPSA) is 59.1 Å². The number of piperidine rings is 1. The van der Waals surface area contributed by atoms with E-state index < -0.39 is 0 Å². The van der Waals surface area contributed by atoms with Gasteiger partial charge in [0.15, 0.2) is 6.39 Å². The summed E-state index contributed by atoms with van der Waals surface area (Å²) >= 11 is 0. The van der Waals surface area contributed by atoms with E-state index in [1.54, 1.807) is 6.26 Å². The Labute approximate surface area is 142 Å². The molecule has 0 radical (unpaired) electrons. The Morgan fingerprint density at radius 2 is 2.17 bits per heavy atom. The van der Waals surface area contributed by atoms with E-state index in [4.69, 9.17) is 4.42 Å². The average molecular weight is 338 g/mol. The number of imidazole rings is 1.